The summed E-state index contributed by atoms with van der Waals surface area (Å²) in [6.45, 7) is 3.34. The van der Waals surface area contributed by atoms with E-state index < -0.39 is 15.4 Å². The quantitative estimate of drug-likeness (QED) is 0.349. The minimum Gasteiger partial charge on any atom is -0.384 e. The molecule has 0 aliphatic heterocycles. The van der Waals surface area contributed by atoms with Gasteiger partial charge < -0.3 is 5.11 Å². The molecule has 2 heterocycles. The zero-order valence-electron chi connectivity index (χ0n) is 17.5. The molecule has 0 aliphatic carbocycles. The first-order valence-corrected chi connectivity index (χ1v) is 13.1. The van der Waals surface area contributed by atoms with Crippen molar-refractivity contribution < 1.29 is 13.5 Å². The first kappa shape index (κ1) is 23.0. The predicted molar refractivity (Wildman–Crippen MR) is 131 cm³/mol. The van der Waals surface area contributed by atoms with Crippen LogP contribution in [0.15, 0.2) is 65.6 Å². The summed E-state index contributed by atoms with van der Waals surface area (Å²) < 4.78 is 25.6. The van der Waals surface area contributed by atoms with E-state index >= 15 is 0 Å². The van der Waals surface area contributed by atoms with E-state index in [9.17, 15) is 13.5 Å². The van der Waals surface area contributed by atoms with Gasteiger partial charge in [-0.25, -0.2) is 13.1 Å². The van der Waals surface area contributed by atoms with Crippen molar-refractivity contribution >= 4 is 44.4 Å². The van der Waals surface area contributed by atoms with Crippen molar-refractivity contribution in [2.24, 2.45) is 0 Å². The molecule has 32 heavy (non-hydrogen) atoms. The standard InChI is InChI=1S/C23H20Cl2N2O3S2/c1-23(2,28)22-13-19(27(26-22)18-8-7-15(24)12-17(18)25)21-10-9-20(31-21)14-5-4-6-16(11-14)32(3,29)30/h4-13,28H,1-3H3. The van der Waals surface area contributed by atoms with Crippen LogP contribution in [0.25, 0.3) is 26.7 Å². The smallest absolute Gasteiger partial charge is 0.175 e. The molecule has 0 unspecified atom stereocenters. The van der Waals surface area contributed by atoms with Gasteiger partial charge in [-0.3, -0.25) is 0 Å². The van der Waals surface area contributed by atoms with Gasteiger partial charge in [0.1, 0.15) is 5.60 Å². The fourth-order valence-electron chi connectivity index (χ4n) is 3.20. The van der Waals surface area contributed by atoms with E-state index in [1.54, 1.807) is 54.9 Å². The SMILES string of the molecule is CC(C)(O)c1cc(-c2ccc(-c3cccc(S(C)(=O)=O)c3)s2)n(-c2ccc(Cl)cc2Cl)n1. The molecule has 0 aliphatic rings. The lowest BCUT2D eigenvalue weighted by Gasteiger charge is -2.13. The van der Waals surface area contributed by atoms with Gasteiger partial charge in [0.2, 0.25) is 0 Å². The van der Waals surface area contributed by atoms with Gasteiger partial charge in [0.05, 0.1) is 31.9 Å². The number of sulfone groups is 1. The molecular weight excluding hydrogens is 487 g/mol. The van der Waals surface area contributed by atoms with Crippen LogP contribution in [-0.4, -0.2) is 29.6 Å². The number of nitrogens with zero attached hydrogens (tertiary/aromatic N) is 2. The summed E-state index contributed by atoms with van der Waals surface area (Å²) in [4.78, 5) is 2.07. The number of thiophene rings is 1. The lowest BCUT2D eigenvalue weighted by atomic mass is 10.1. The zero-order chi connectivity index (χ0) is 23.3. The minimum absolute atomic E-state index is 0.271. The van der Waals surface area contributed by atoms with Gasteiger partial charge in [-0.05, 0) is 67.9 Å². The molecule has 2 aromatic heterocycles. The van der Waals surface area contributed by atoms with Crippen molar-refractivity contribution in [3.05, 3.63) is 76.4 Å². The largest absolute Gasteiger partial charge is 0.384 e. The van der Waals surface area contributed by atoms with Crippen molar-refractivity contribution in [1.29, 1.82) is 0 Å². The third-order valence-electron chi connectivity index (χ3n) is 4.88. The van der Waals surface area contributed by atoms with Crippen molar-refractivity contribution in [3.63, 3.8) is 0 Å². The Hall–Kier alpha value is -2.16. The molecule has 4 rings (SSSR count). The molecule has 2 aromatic carbocycles. The summed E-state index contributed by atoms with van der Waals surface area (Å²) in [5.41, 5.74) is 1.54. The summed E-state index contributed by atoms with van der Waals surface area (Å²) in [5.74, 6) is 0. The molecule has 0 fully saturated rings. The summed E-state index contributed by atoms with van der Waals surface area (Å²) in [6.07, 6.45) is 1.19. The topological polar surface area (TPSA) is 72.2 Å². The van der Waals surface area contributed by atoms with Crippen LogP contribution in [0.2, 0.25) is 10.0 Å². The van der Waals surface area contributed by atoms with E-state index in [2.05, 4.69) is 5.10 Å². The molecule has 0 radical (unpaired) electrons. The lowest BCUT2D eigenvalue weighted by Crippen LogP contribution is -2.16. The van der Waals surface area contributed by atoms with Crippen LogP contribution < -0.4 is 0 Å². The van der Waals surface area contributed by atoms with Gasteiger partial charge >= 0.3 is 0 Å². The highest BCUT2D eigenvalue weighted by molar-refractivity contribution is 7.90. The van der Waals surface area contributed by atoms with E-state index in [1.807, 2.05) is 24.3 Å². The Balaban J connectivity index is 1.85. The summed E-state index contributed by atoms with van der Waals surface area (Å²) >= 11 is 14.0. The Morgan fingerprint density at radius 2 is 1.72 bits per heavy atom. The summed E-state index contributed by atoms with van der Waals surface area (Å²) in [6, 6.07) is 17.7. The molecule has 9 heteroatoms. The second kappa shape index (κ2) is 8.32. The first-order chi connectivity index (χ1) is 14.9. The van der Waals surface area contributed by atoms with Crippen LogP contribution in [0.1, 0.15) is 19.5 Å². The van der Waals surface area contributed by atoms with Gasteiger partial charge in [0.15, 0.2) is 9.84 Å². The third-order valence-corrected chi connectivity index (χ3v) is 7.68. The van der Waals surface area contributed by atoms with Crippen LogP contribution in [-0.2, 0) is 15.4 Å². The molecule has 5 nitrogen and oxygen atoms in total. The van der Waals surface area contributed by atoms with E-state index in [4.69, 9.17) is 23.2 Å². The molecule has 1 N–H and O–H groups in total. The maximum absolute atomic E-state index is 11.9. The average Bonchev–Trinajstić information content (AvgIpc) is 3.34. The molecular formula is C23H20Cl2N2O3S2. The van der Waals surface area contributed by atoms with E-state index in [0.717, 1.165) is 21.0 Å². The van der Waals surface area contributed by atoms with Gasteiger partial charge in [-0.15, -0.1) is 11.3 Å². The van der Waals surface area contributed by atoms with Crippen LogP contribution in [0.3, 0.4) is 0 Å². The highest BCUT2D eigenvalue weighted by atomic mass is 35.5. The number of halogens is 2. The molecule has 0 saturated carbocycles. The molecule has 0 saturated heterocycles. The highest BCUT2D eigenvalue weighted by Gasteiger charge is 2.24. The fourth-order valence-corrected chi connectivity index (χ4v) is 5.36. The Bertz CT molecular complexity index is 1420. The Morgan fingerprint density at radius 1 is 1.00 bits per heavy atom. The molecule has 0 amide bonds. The third kappa shape index (κ3) is 4.63. The van der Waals surface area contributed by atoms with Crippen molar-refractivity contribution in [1.82, 2.24) is 9.78 Å². The Morgan fingerprint density at radius 3 is 2.38 bits per heavy atom. The fraction of sp³-hybridized carbons (Fsp3) is 0.174. The monoisotopic (exact) mass is 506 g/mol. The van der Waals surface area contributed by atoms with Gasteiger partial charge in [0.25, 0.3) is 0 Å². The molecule has 166 valence electrons. The number of aromatic nitrogens is 2. The highest BCUT2D eigenvalue weighted by Crippen LogP contribution is 2.38. The van der Waals surface area contributed by atoms with Crippen LogP contribution in [0.4, 0.5) is 0 Å². The van der Waals surface area contributed by atoms with Crippen LogP contribution in [0.5, 0.6) is 0 Å². The second-order valence-electron chi connectivity index (χ2n) is 7.95. The maximum Gasteiger partial charge on any atom is 0.175 e. The molecule has 0 bridgehead atoms. The van der Waals surface area contributed by atoms with Crippen molar-refractivity contribution in [2.75, 3.05) is 6.26 Å². The van der Waals surface area contributed by atoms with Crippen LogP contribution >= 0.6 is 34.5 Å². The lowest BCUT2D eigenvalue weighted by molar-refractivity contribution is 0.0734. The normalized spacial score (nSPS) is 12.3. The van der Waals surface area contributed by atoms with Crippen molar-refractivity contribution in [3.8, 4) is 26.7 Å². The Labute approximate surface area is 200 Å². The zero-order valence-corrected chi connectivity index (χ0v) is 20.6. The second-order valence-corrected chi connectivity index (χ2v) is 11.9. The number of benzene rings is 2. The Kier molecular flexibility index (Phi) is 5.98. The van der Waals surface area contributed by atoms with Gasteiger partial charge in [-0.1, -0.05) is 35.3 Å². The van der Waals surface area contributed by atoms with Crippen molar-refractivity contribution in [2.45, 2.75) is 24.3 Å². The molecule has 0 spiro atoms. The number of hydrogen-bond acceptors (Lipinski definition) is 5. The summed E-state index contributed by atoms with van der Waals surface area (Å²) in [5, 5.41) is 16.1. The summed E-state index contributed by atoms with van der Waals surface area (Å²) in [7, 11) is -3.31. The van der Waals surface area contributed by atoms with E-state index in [-0.39, 0.29) is 4.90 Å². The van der Waals surface area contributed by atoms with Gasteiger partial charge in [0, 0.05) is 16.2 Å². The molecule has 0 atom stereocenters. The maximum atomic E-state index is 11.9. The molecule has 4 aromatic rings. The van der Waals surface area contributed by atoms with Gasteiger partial charge in [-0.2, -0.15) is 5.10 Å². The number of aliphatic hydroxyl groups is 1. The van der Waals surface area contributed by atoms with E-state index in [1.165, 1.54) is 17.6 Å². The van der Waals surface area contributed by atoms with Crippen LogP contribution in [0, 0.1) is 0 Å². The van der Waals surface area contributed by atoms with E-state index in [0.29, 0.717) is 21.4 Å². The predicted octanol–water partition coefficient (Wildman–Crippen LogP) is 6.21. The minimum atomic E-state index is -3.31. The number of hydrogen-bond donors (Lipinski definition) is 1. The first-order valence-electron chi connectivity index (χ1n) is 9.62. The average molecular weight is 507 g/mol. The number of rotatable bonds is 5.